The van der Waals surface area contributed by atoms with Crippen molar-refractivity contribution in [1.29, 1.82) is 0 Å². The van der Waals surface area contributed by atoms with Crippen LogP contribution in [0.1, 0.15) is 76.8 Å². The van der Waals surface area contributed by atoms with Gasteiger partial charge in [0.05, 0.1) is 12.7 Å². The molecule has 2 saturated carbocycles. The van der Waals surface area contributed by atoms with Crippen LogP contribution in [0.25, 0.3) is 10.8 Å². The lowest BCUT2D eigenvalue weighted by atomic mass is 9.83. The summed E-state index contributed by atoms with van der Waals surface area (Å²) in [5, 5.41) is 21.1. The number of rotatable bonds is 14. The van der Waals surface area contributed by atoms with E-state index in [0.29, 0.717) is 6.42 Å². The van der Waals surface area contributed by atoms with Gasteiger partial charge in [0, 0.05) is 19.9 Å². The lowest BCUT2D eigenvalue weighted by Gasteiger charge is -2.34. The van der Waals surface area contributed by atoms with E-state index in [4.69, 9.17) is 4.74 Å². The minimum Gasteiger partial charge on any atom is -0.479 e. The number of carbonyl (C=O) groups excluding carboxylic acids is 4. The van der Waals surface area contributed by atoms with Gasteiger partial charge in [-0.3, -0.25) is 19.2 Å². The highest BCUT2D eigenvalue weighted by atomic mass is 16.5. The number of amides is 4. The number of carboxylic acid groups (broad SMARTS) is 1. The molecule has 4 N–H and O–H groups in total. The van der Waals surface area contributed by atoms with Crippen molar-refractivity contribution in [3.63, 3.8) is 0 Å². The molecule has 6 rings (SSSR count). The molecular formula is C42H52N4O7. The Hall–Kier alpha value is -4.77. The molecule has 3 aromatic rings. The minimum absolute atomic E-state index is 0.0395. The summed E-state index contributed by atoms with van der Waals surface area (Å²) in [5.74, 6) is -3.54. The van der Waals surface area contributed by atoms with Crippen LogP contribution in [0.4, 0.5) is 0 Å². The van der Waals surface area contributed by atoms with Crippen LogP contribution in [0.15, 0.2) is 72.8 Å². The SMILES string of the molecule is CC(=O)N[C@H](C(=O)N[C@H](C(=O)N1C[C@H](OCc2cccc3ccccc23)C[C@H]1C(=O)N[C@@]1(C(=O)O)C[C@H]1Cc1ccccc1)C(C)C)C1CCCCC1. The van der Waals surface area contributed by atoms with Crippen LogP contribution in [0.5, 0.6) is 0 Å². The van der Waals surface area contributed by atoms with Crippen LogP contribution in [0, 0.1) is 17.8 Å². The van der Waals surface area contributed by atoms with Gasteiger partial charge < -0.3 is 30.7 Å². The van der Waals surface area contributed by atoms with Gasteiger partial charge >= 0.3 is 5.97 Å². The fourth-order valence-electron chi connectivity index (χ4n) is 8.30. The van der Waals surface area contributed by atoms with E-state index < -0.39 is 53.5 Å². The van der Waals surface area contributed by atoms with Crippen molar-refractivity contribution in [2.75, 3.05) is 6.54 Å². The number of likely N-dealkylation sites (tertiary alicyclic amines) is 1. The zero-order valence-electron chi connectivity index (χ0n) is 30.9. The molecular weight excluding hydrogens is 672 g/mol. The van der Waals surface area contributed by atoms with Crippen molar-refractivity contribution in [1.82, 2.24) is 20.9 Å². The first-order valence-corrected chi connectivity index (χ1v) is 19.0. The first kappa shape index (κ1) is 38.0. The number of hydrogen-bond acceptors (Lipinski definition) is 6. The van der Waals surface area contributed by atoms with Gasteiger partial charge in [0.2, 0.25) is 23.6 Å². The summed E-state index contributed by atoms with van der Waals surface area (Å²) < 4.78 is 6.41. The molecule has 1 heterocycles. The van der Waals surface area contributed by atoms with Crippen molar-refractivity contribution < 1.29 is 33.8 Å². The third-order valence-corrected chi connectivity index (χ3v) is 11.4. The van der Waals surface area contributed by atoms with Crippen molar-refractivity contribution in [2.45, 2.75) is 109 Å². The fraction of sp³-hybridized carbons (Fsp3) is 0.500. The smallest absolute Gasteiger partial charge is 0.329 e. The van der Waals surface area contributed by atoms with Gasteiger partial charge in [-0.15, -0.1) is 0 Å². The summed E-state index contributed by atoms with van der Waals surface area (Å²) in [6.45, 7) is 5.38. The van der Waals surface area contributed by atoms with Crippen LogP contribution < -0.4 is 16.0 Å². The molecule has 0 spiro atoms. The average molecular weight is 725 g/mol. The summed E-state index contributed by atoms with van der Waals surface area (Å²) in [4.78, 5) is 68.9. The largest absolute Gasteiger partial charge is 0.479 e. The van der Waals surface area contributed by atoms with Crippen LogP contribution in [0.3, 0.4) is 0 Å². The number of ether oxygens (including phenoxy) is 1. The maximum Gasteiger partial charge on any atom is 0.329 e. The van der Waals surface area contributed by atoms with Crippen molar-refractivity contribution >= 4 is 40.4 Å². The van der Waals surface area contributed by atoms with E-state index in [1.807, 2.05) is 86.6 Å². The molecule has 11 heteroatoms. The predicted molar refractivity (Wildman–Crippen MR) is 200 cm³/mol. The zero-order valence-corrected chi connectivity index (χ0v) is 30.9. The zero-order chi connectivity index (χ0) is 37.7. The number of fused-ring (bicyclic) bond motifs is 1. The Morgan fingerprint density at radius 3 is 2.30 bits per heavy atom. The molecule has 53 heavy (non-hydrogen) atoms. The third-order valence-electron chi connectivity index (χ3n) is 11.4. The molecule has 2 aliphatic carbocycles. The molecule has 0 unspecified atom stereocenters. The van der Waals surface area contributed by atoms with Crippen molar-refractivity contribution in [3.05, 3.63) is 83.9 Å². The molecule has 11 nitrogen and oxygen atoms in total. The lowest BCUT2D eigenvalue weighted by molar-refractivity contribution is -0.146. The van der Waals surface area contributed by atoms with E-state index >= 15 is 0 Å². The van der Waals surface area contributed by atoms with E-state index in [2.05, 4.69) is 16.0 Å². The van der Waals surface area contributed by atoms with Gasteiger partial charge in [-0.05, 0) is 65.3 Å². The van der Waals surface area contributed by atoms with E-state index in [1.165, 1.54) is 11.8 Å². The van der Waals surface area contributed by atoms with Gasteiger partial charge in [0.1, 0.15) is 23.7 Å². The van der Waals surface area contributed by atoms with Crippen LogP contribution in [-0.4, -0.2) is 75.9 Å². The second kappa shape index (κ2) is 16.5. The van der Waals surface area contributed by atoms with E-state index in [9.17, 15) is 29.1 Å². The van der Waals surface area contributed by atoms with E-state index in [0.717, 1.165) is 54.0 Å². The molecule has 3 aliphatic rings. The Bertz CT molecular complexity index is 1800. The molecule has 0 aromatic heterocycles. The summed E-state index contributed by atoms with van der Waals surface area (Å²) in [6, 6.07) is 20.8. The molecule has 282 valence electrons. The van der Waals surface area contributed by atoms with Gasteiger partial charge in [0.15, 0.2) is 0 Å². The quantitative estimate of drug-likeness (QED) is 0.187. The van der Waals surface area contributed by atoms with Crippen LogP contribution >= 0.6 is 0 Å². The summed E-state index contributed by atoms with van der Waals surface area (Å²) >= 11 is 0. The Balaban J connectivity index is 1.22. The van der Waals surface area contributed by atoms with E-state index in [-0.39, 0.29) is 49.7 Å². The molecule has 6 atom stereocenters. The Morgan fingerprint density at radius 2 is 1.60 bits per heavy atom. The molecule has 0 bridgehead atoms. The summed E-state index contributed by atoms with van der Waals surface area (Å²) in [6.07, 6.45) is 5.04. The maximum atomic E-state index is 14.5. The maximum absolute atomic E-state index is 14.5. The Labute approximate surface area is 311 Å². The van der Waals surface area contributed by atoms with Crippen molar-refractivity contribution in [3.8, 4) is 0 Å². The number of nitrogens with zero attached hydrogens (tertiary/aromatic N) is 1. The van der Waals surface area contributed by atoms with Gasteiger partial charge in [0.25, 0.3) is 0 Å². The number of hydrogen-bond donors (Lipinski definition) is 4. The molecule has 1 aliphatic heterocycles. The van der Waals surface area contributed by atoms with E-state index in [1.54, 1.807) is 0 Å². The van der Waals surface area contributed by atoms with Gasteiger partial charge in [-0.2, -0.15) is 0 Å². The molecule has 4 amide bonds. The highest BCUT2D eigenvalue weighted by Gasteiger charge is 2.62. The molecule has 3 fully saturated rings. The molecule has 1 saturated heterocycles. The first-order valence-electron chi connectivity index (χ1n) is 19.0. The number of benzene rings is 3. The fourth-order valence-corrected chi connectivity index (χ4v) is 8.30. The Morgan fingerprint density at radius 1 is 0.906 bits per heavy atom. The number of carboxylic acids is 1. The van der Waals surface area contributed by atoms with Crippen molar-refractivity contribution in [2.24, 2.45) is 17.8 Å². The summed E-state index contributed by atoms with van der Waals surface area (Å²) in [5.41, 5.74) is 0.510. The minimum atomic E-state index is -1.44. The van der Waals surface area contributed by atoms with Gasteiger partial charge in [-0.25, -0.2) is 4.79 Å². The molecule has 3 aromatic carbocycles. The van der Waals surface area contributed by atoms with Crippen LogP contribution in [-0.2, 0) is 41.7 Å². The number of aliphatic carboxylic acids is 1. The highest BCUT2D eigenvalue weighted by molar-refractivity contribution is 5.97. The molecule has 0 radical (unpaired) electrons. The Kier molecular flexibility index (Phi) is 11.8. The standard InChI is InChI=1S/C42H52N4O7/c1-26(2)36(44-39(49)37(43-27(3)47)30-16-8-5-9-17-30)40(50)46-24-33(53-25-31-19-12-18-29-15-10-11-20-34(29)31)22-35(46)38(48)45-42(41(51)52)23-32(42)21-28-13-6-4-7-14-28/h4,6-7,10-15,18-20,26,30,32-33,35-37H,5,8-9,16-17,21-25H2,1-3H3,(H,43,47)(H,44,49)(H,45,48)(H,51,52)/t32-,33-,35+,36+,37+,42+/m1/s1. The predicted octanol–water partition coefficient (Wildman–Crippen LogP) is 4.75. The second-order valence-corrected chi connectivity index (χ2v) is 15.5. The second-order valence-electron chi connectivity index (χ2n) is 15.5. The highest BCUT2D eigenvalue weighted by Crippen LogP contribution is 2.46. The number of nitrogens with one attached hydrogen (secondary N) is 3. The monoisotopic (exact) mass is 724 g/mol. The first-order chi connectivity index (χ1) is 25.5. The lowest BCUT2D eigenvalue weighted by Crippen LogP contribution is -2.60. The van der Waals surface area contributed by atoms with Gasteiger partial charge in [-0.1, -0.05) is 106 Å². The topological polar surface area (TPSA) is 154 Å². The number of carbonyl (C=O) groups is 5. The third kappa shape index (κ3) is 8.73. The van der Waals surface area contributed by atoms with Crippen LogP contribution in [0.2, 0.25) is 0 Å². The summed E-state index contributed by atoms with van der Waals surface area (Å²) in [7, 11) is 0. The average Bonchev–Trinajstić information content (AvgIpc) is 3.66. The normalized spacial score (nSPS) is 24.0.